The Bertz CT molecular complexity index is 701. The molecule has 4 rings (SSSR count). The van der Waals surface area contributed by atoms with Crippen LogP contribution in [0.4, 0.5) is 0 Å². The van der Waals surface area contributed by atoms with Gasteiger partial charge in [-0.05, 0) is 37.0 Å². The van der Waals surface area contributed by atoms with Crippen LogP contribution in [0.5, 0.6) is 5.75 Å². The zero-order valence-corrected chi connectivity index (χ0v) is 15.3. The molecule has 26 heavy (non-hydrogen) atoms. The van der Waals surface area contributed by atoms with Crippen molar-refractivity contribution in [1.29, 1.82) is 0 Å². The predicted octanol–water partition coefficient (Wildman–Crippen LogP) is 1.68. The third kappa shape index (κ3) is 3.07. The first kappa shape index (κ1) is 17.3. The van der Waals surface area contributed by atoms with E-state index in [-0.39, 0.29) is 23.1 Å². The summed E-state index contributed by atoms with van der Waals surface area (Å²) in [5, 5.41) is 0. The average molecular weight is 358 g/mol. The fourth-order valence-electron chi connectivity index (χ4n) is 4.46. The van der Waals surface area contributed by atoms with Gasteiger partial charge in [0.2, 0.25) is 11.8 Å². The summed E-state index contributed by atoms with van der Waals surface area (Å²) in [7, 11) is 1.65. The maximum atomic E-state index is 13.1. The van der Waals surface area contributed by atoms with Crippen LogP contribution < -0.4 is 4.74 Å². The second kappa shape index (κ2) is 6.91. The summed E-state index contributed by atoms with van der Waals surface area (Å²) >= 11 is 0. The molecule has 1 spiro atoms. The maximum absolute atomic E-state index is 13.1. The highest BCUT2D eigenvalue weighted by Gasteiger charge is 2.52. The van der Waals surface area contributed by atoms with Crippen LogP contribution in [0.1, 0.15) is 24.8 Å². The van der Waals surface area contributed by atoms with Gasteiger partial charge in [0.05, 0.1) is 25.0 Å². The number of carbonyl (C=O) groups excluding carboxylic acids is 2. The zero-order valence-electron chi connectivity index (χ0n) is 15.3. The van der Waals surface area contributed by atoms with E-state index in [1.54, 1.807) is 7.11 Å². The fourth-order valence-corrected chi connectivity index (χ4v) is 4.46. The number of carbonyl (C=O) groups is 2. The summed E-state index contributed by atoms with van der Waals surface area (Å²) in [4.78, 5) is 29.6. The molecule has 3 fully saturated rings. The number of likely N-dealkylation sites (tertiary alicyclic amines) is 2. The van der Waals surface area contributed by atoms with Gasteiger partial charge in [-0.25, -0.2) is 0 Å². The van der Waals surface area contributed by atoms with Crippen molar-refractivity contribution >= 4 is 11.8 Å². The molecule has 0 radical (unpaired) electrons. The van der Waals surface area contributed by atoms with Crippen LogP contribution in [-0.2, 0) is 20.9 Å². The van der Waals surface area contributed by atoms with Crippen molar-refractivity contribution in [1.82, 2.24) is 9.80 Å². The van der Waals surface area contributed by atoms with Crippen LogP contribution in [0, 0.1) is 11.3 Å². The molecule has 2 atom stereocenters. The highest BCUT2D eigenvalue weighted by Crippen LogP contribution is 2.42. The van der Waals surface area contributed by atoms with Gasteiger partial charge < -0.3 is 19.3 Å². The molecule has 3 saturated heterocycles. The summed E-state index contributed by atoms with van der Waals surface area (Å²) in [6.07, 6.45) is 2.42. The second-order valence-electron chi connectivity index (χ2n) is 7.68. The Hall–Kier alpha value is -2.08. The van der Waals surface area contributed by atoms with Crippen molar-refractivity contribution in [2.24, 2.45) is 11.3 Å². The van der Waals surface area contributed by atoms with Crippen molar-refractivity contribution in [3.05, 3.63) is 29.8 Å². The quantitative estimate of drug-likeness (QED) is 0.822. The maximum Gasteiger partial charge on any atom is 0.231 e. The Labute approximate surface area is 154 Å². The molecule has 3 heterocycles. The number of nitrogens with zero attached hydrogens (tertiary/aromatic N) is 2. The first-order chi connectivity index (χ1) is 12.6. The van der Waals surface area contributed by atoms with Gasteiger partial charge >= 0.3 is 0 Å². The fraction of sp³-hybridized carbons (Fsp3) is 0.600. The molecule has 0 aromatic heterocycles. The lowest BCUT2D eigenvalue weighted by Crippen LogP contribution is -2.40. The van der Waals surface area contributed by atoms with Crippen molar-refractivity contribution in [3.8, 4) is 5.75 Å². The van der Waals surface area contributed by atoms with Crippen LogP contribution in [-0.4, -0.2) is 61.6 Å². The first-order valence-corrected chi connectivity index (χ1v) is 9.40. The van der Waals surface area contributed by atoms with Gasteiger partial charge in [0.25, 0.3) is 0 Å². The minimum absolute atomic E-state index is 0.0189. The lowest BCUT2D eigenvalue weighted by molar-refractivity contribution is -0.138. The van der Waals surface area contributed by atoms with Crippen LogP contribution in [0.2, 0.25) is 0 Å². The minimum Gasteiger partial charge on any atom is -0.497 e. The number of amides is 2. The van der Waals surface area contributed by atoms with Gasteiger partial charge in [-0.2, -0.15) is 0 Å². The normalized spacial score (nSPS) is 28.3. The van der Waals surface area contributed by atoms with Crippen molar-refractivity contribution in [2.45, 2.75) is 25.8 Å². The third-order valence-electron chi connectivity index (χ3n) is 6.05. The smallest absolute Gasteiger partial charge is 0.231 e. The van der Waals surface area contributed by atoms with Crippen LogP contribution in [0.25, 0.3) is 0 Å². The highest BCUT2D eigenvalue weighted by molar-refractivity contribution is 5.87. The van der Waals surface area contributed by atoms with E-state index in [1.165, 1.54) is 0 Å². The van der Waals surface area contributed by atoms with Gasteiger partial charge in [-0.15, -0.1) is 0 Å². The standard InChI is InChI=1S/C20H26N2O4/c1-25-17-4-2-3-15(11-17)12-21-8-6-20(19(21)24)7-9-22(14-20)18(23)16-5-10-26-13-16/h2-4,11,16H,5-10,12-14H2,1H3/t16-,20+/m0/s1. The highest BCUT2D eigenvalue weighted by atomic mass is 16.5. The second-order valence-corrected chi connectivity index (χ2v) is 7.68. The Morgan fingerprint density at radius 2 is 2.19 bits per heavy atom. The van der Waals surface area contributed by atoms with Crippen molar-refractivity contribution < 1.29 is 19.1 Å². The molecule has 1 aromatic rings. The SMILES string of the molecule is COc1cccc(CN2CC[C@]3(CCN(C(=O)[C@H]4CCOC4)C3)C2=O)c1. The summed E-state index contributed by atoms with van der Waals surface area (Å²) in [6, 6.07) is 7.85. The Kier molecular flexibility index (Phi) is 4.61. The summed E-state index contributed by atoms with van der Waals surface area (Å²) in [6.45, 7) is 3.80. The van der Waals surface area contributed by atoms with Gasteiger partial charge in [-0.3, -0.25) is 9.59 Å². The molecule has 6 heteroatoms. The molecule has 2 amide bonds. The van der Waals surface area contributed by atoms with Crippen LogP contribution in [0.15, 0.2) is 24.3 Å². The monoisotopic (exact) mass is 358 g/mol. The first-order valence-electron chi connectivity index (χ1n) is 9.40. The molecular formula is C20H26N2O4. The van der Waals surface area contributed by atoms with E-state index in [0.29, 0.717) is 32.8 Å². The number of rotatable bonds is 4. The van der Waals surface area contributed by atoms with E-state index in [1.807, 2.05) is 34.1 Å². The summed E-state index contributed by atoms with van der Waals surface area (Å²) < 4.78 is 10.6. The molecule has 0 unspecified atom stereocenters. The number of ether oxygens (including phenoxy) is 2. The largest absolute Gasteiger partial charge is 0.497 e. The topological polar surface area (TPSA) is 59.1 Å². The van der Waals surface area contributed by atoms with E-state index in [2.05, 4.69) is 0 Å². The third-order valence-corrected chi connectivity index (χ3v) is 6.05. The number of benzene rings is 1. The Morgan fingerprint density at radius 3 is 2.96 bits per heavy atom. The van der Waals surface area contributed by atoms with Crippen LogP contribution >= 0.6 is 0 Å². The molecule has 0 saturated carbocycles. The number of hydrogen-bond acceptors (Lipinski definition) is 4. The molecule has 3 aliphatic rings. The van der Waals surface area contributed by atoms with E-state index in [0.717, 1.165) is 37.1 Å². The molecular weight excluding hydrogens is 332 g/mol. The summed E-state index contributed by atoms with van der Waals surface area (Å²) in [5.74, 6) is 1.14. The number of methoxy groups -OCH3 is 1. The predicted molar refractivity (Wildman–Crippen MR) is 95.6 cm³/mol. The lowest BCUT2D eigenvalue weighted by atomic mass is 9.85. The molecule has 0 aliphatic carbocycles. The Morgan fingerprint density at radius 1 is 1.35 bits per heavy atom. The minimum atomic E-state index is -0.381. The number of hydrogen-bond donors (Lipinski definition) is 0. The van der Waals surface area contributed by atoms with E-state index >= 15 is 0 Å². The molecule has 3 aliphatic heterocycles. The van der Waals surface area contributed by atoms with Crippen molar-refractivity contribution in [2.75, 3.05) is 40.0 Å². The average Bonchev–Trinajstić information content (AvgIpc) is 3.40. The lowest BCUT2D eigenvalue weighted by Gasteiger charge is -2.25. The van der Waals surface area contributed by atoms with Crippen molar-refractivity contribution in [3.63, 3.8) is 0 Å². The summed E-state index contributed by atoms with van der Waals surface area (Å²) in [5.41, 5.74) is 0.692. The van der Waals surface area contributed by atoms with Gasteiger partial charge in [0.1, 0.15) is 5.75 Å². The van der Waals surface area contributed by atoms with Crippen LogP contribution in [0.3, 0.4) is 0 Å². The van der Waals surface area contributed by atoms with E-state index in [9.17, 15) is 9.59 Å². The molecule has 6 nitrogen and oxygen atoms in total. The van der Waals surface area contributed by atoms with Gasteiger partial charge in [0, 0.05) is 32.8 Å². The molecule has 1 aromatic carbocycles. The zero-order chi connectivity index (χ0) is 18.1. The van der Waals surface area contributed by atoms with Gasteiger partial charge in [-0.1, -0.05) is 12.1 Å². The Balaban J connectivity index is 1.41. The molecule has 140 valence electrons. The van der Waals surface area contributed by atoms with E-state index < -0.39 is 0 Å². The molecule has 0 bridgehead atoms. The van der Waals surface area contributed by atoms with E-state index in [4.69, 9.17) is 9.47 Å². The molecule has 0 N–H and O–H groups in total. The van der Waals surface area contributed by atoms with Gasteiger partial charge in [0.15, 0.2) is 0 Å².